The molecule has 2 N–H and O–H groups in total. The lowest BCUT2D eigenvalue weighted by Crippen LogP contribution is -2.34. The number of aromatic nitrogens is 1. The summed E-state index contributed by atoms with van der Waals surface area (Å²) in [5, 5.41) is 9.59. The maximum absolute atomic E-state index is 12.3. The van der Waals surface area contributed by atoms with Crippen molar-refractivity contribution in [2.24, 2.45) is 11.3 Å². The molecule has 1 spiro atoms. The second kappa shape index (κ2) is 4.87. The second-order valence-electron chi connectivity index (χ2n) is 5.89. The zero-order chi connectivity index (χ0) is 13.5. The molecular weight excluding hydrogens is 258 g/mol. The number of aryl methyl sites for hydroxylation is 1. The molecule has 2 unspecified atom stereocenters. The van der Waals surface area contributed by atoms with Crippen LogP contribution < -0.4 is 10.6 Å². The molecule has 2 aliphatic rings. The predicted molar refractivity (Wildman–Crippen MR) is 76.1 cm³/mol. The minimum absolute atomic E-state index is 0.0248. The van der Waals surface area contributed by atoms with Crippen LogP contribution in [-0.4, -0.2) is 24.0 Å². The molecule has 0 bridgehead atoms. The van der Waals surface area contributed by atoms with Crippen LogP contribution in [0.3, 0.4) is 0 Å². The van der Waals surface area contributed by atoms with Crippen molar-refractivity contribution in [2.75, 3.05) is 13.1 Å². The van der Waals surface area contributed by atoms with Crippen molar-refractivity contribution in [3.8, 4) is 0 Å². The standard InChI is InChI=1S/C14H21N3OS/c1-9(12-8-19-10(2)17-12)16-13(18)11-7-14(11)3-5-15-6-4-14/h8-9,11,15H,3-7H2,1-2H3,(H,16,18). The Labute approximate surface area is 118 Å². The third-order valence-electron chi connectivity index (χ3n) is 4.54. The highest BCUT2D eigenvalue weighted by Crippen LogP contribution is 2.58. The van der Waals surface area contributed by atoms with E-state index in [-0.39, 0.29) is 17.9 Å². The molecule has 2 fully saturated rings. The number of nitrogens with zero attached hydrogens (tertiary/aromatic N) is 1. The van der Waals surface area contributed by atoms with E-state index in [1.165, 1.54) is 0 Å². The number of hydrogen-bond donors (Lipinski definition) is 2. The summed E-state index contributed by atoms with van der Waals surface area (Å²) >= 11 is 1.63. The van der Waals surface area contributed by atoms with Crippen molar-refractivity contribution in [1.29, 1.82) is 0 Å². The van der Waals surface area contributed by atoms with Gasteiger partial charge in [0.25, 0.3) is 0 Å². The molecule has 104 valence electrons. The summed E-state index contributed by atoms with van der Waals surface area (Å²) in [6.45, 7) is 6.13. The average molecular weight is 279 g/mol. The van der Waals surface area contributed by atoms with E-state index in [9.17, 15) is 4.79 Å². The number of rotatable bonds is 3. The van der Waals surface area contributed by atoms with Gasteiger partial charge in [-0.3, -0.25) is 4.79 Å². The Kier molecular flexibility index (Phi) is 3.35. The van der Waals surface area contributed by atoms with Gasteiger partial charge in [-0.2, -0.15) is 0 Å². The van der Waals surface area contributed by atoms with Crippen molar-refractivity contribution in [2.45, 2.75) is 39.2 Å². The molecule has 1 aliphatic carbocycles. The Bertz CT molecular complexity index is 479. The molecule has 2 heterocycles. The summed E-state index contributed by atoms with van der Waals surface area (Å²) in [6.07, 6.45) is 3.37. The highest BCUT2D eigenvalue weighted by Gasteiger charge is 2.57. The molecule has 2 atom stereocenters. The predicted octanol–water partition coefficient (Wildman–Crippen LogP) is 2.02. The van der Waals surface area contributed by atoms with Gasteiger partial charge < -0.3 is 10.6 Å². The quantitative estimate of drug-likeness (QED) is 0.890. The summed E-state index contributed by atoms with van der Waals surface area (Å²) in [5.41, 5.74) is 1.29. The van der Waals surface area contributed by atoms with Gasteiger partial charge in [0.15, 0.2) is 0 Å². The highest BCUT2D eigenvalue weighted by atomic mass is 32.1. The third kappa shape index (κ3) is 2.54. The topological polar surface area (TPSA) is 54.0 Å². The normalized spacial score (nSPS) is 26.1. The van der Waals surface area contributed by atoms with Crippen LogP contribution in [0.1, 0.15) is 42.9 Å². The SMILES string of the molecule is Cc1nc(C(C)NC(=O)C2CC23CCNCC3)cs1. The molecule has 1 aliphatic heterocycles. The number of thiazole rings is 1. The average Bonchev–Trinajstić information content (AvgIpc) is 2.89. The van der Waals surface area contributed by atoms with E-state index in [1.54, 1.807) is 11.3 Å². The lowest BCUT2D eigenvalue weighted by atomic mass is 9.91. The van der Waals surface area contributed by atoms with Gasteiger partial charge in [0.2, 0.25) is 5.91 Å². The first-order valence-electron chi connectivity index (χ1n) is 7.04. The van der Waals surface area contributed by atoms with E-state index < -0.39 is 0 Å². The summed E-state index contributed by atoms with van der Waals surface area (Å²) in [7, 11) is 0. The smallest absolute Gasteiger partial charge is 0.224 e. The number of carbonyl (C=O) groups is 1. The van der Waals surface area contributed by atoms with Gasteiger partial charge in [-0.25, -0.2) is 4.98 Å². The zero-order valence-electron chi connectivity index (χ0n) is 11.5. The van der Waals surface area contributed by atoms with E-state index in [4.69, 9.17) is 0 Å². The highest BCUT2D eigenvalue weighted by molar-refractivity contribution is 7.09. The van der Waals surface area contributed by atoms with E-state index in [0.717, 1.165) is 43.1 Å². The second-order valence-corrected chi connectivity index (χ2v) is 6.95. The Morgan fingerprint density at radius 2 is 2.32 bits per heavy atom. The van der Waals surface area contributed by atoms with Gasteiger partial charge in [0.1, 0.15) is 0 Å². The first-order valence-corrected chi connectivity index (χ1v) is 7.92. The molecule has 1 saturated heterocycles. The number of hydrogen-bond acceptors (Lipinski definition) is 4. The van der Waals surface area contributed by atoms with Crippen LogP contribution in [-0.2, 0) is 4.79 Å². The molecule has 1 saturated carbocycles. The molecule has 0 radical (unpaired) electrons. The molecule has 3 rings (SSSR count). The molecule has 1 amide bonds. The lowest BCUT2D eigenvalue weighted by molar-refractivity contribution is -0.124. The van der Waals surface area contributed by atoms with Gasteiger partial charge >= 0.3 is 0 Å². The Hall–Kier alpha value is -0.940. The maximum Gasteiger partial charge on any atom is 0.224 e. The molecule has 0 aromatic carbocycles. The van der Waals surface area contributed by atoms with Crippen LogP contribution in [0.2, 0.25) is 0 Å². The van der Waals surface area contributed by atoms with Crippen LogP contribution in [0.4, 0.5) is 0 Å². The van der Waals surface area contributed by atoms with Crippen molar-refractivity contribution in [1.82, 2.24) is 15.6 Å². The molecule has 4 nitrogen and oxygen atoms in total. The van der Waals surface area contributed by atoms with Crippen LogP contribution in [0.25, 0.3) is 0 Å². The Morgan fingerprint density at radius 3 is 2.95 bits per heavy atom. The largest absolute Gasteiger partial charge is 0.348 e. The fourth-order valence-corrected chi connectivity index (χ4v) is 3.87. The first-order chi connectivity index (χ1) is 9.11. The van der Waals surface area contributed by atoms with Gasteiger partial charge in [0, 0.05) is 11.3 Å². The maximum atomic E-state index is 12.3. The summed E-state index contributed by atoms with van der Waals surface area (Å²) < 4.78 is 0. The van der Waals surface area contributed by atoms with Crippen LogP contribution in [0, 0.1) is 18.3 Å². The van der Waals surface area contributed by atoms with E-state index in [0.29, 0.717) is 5.41 Å². The zero-order valence-corrected chi connectivity index (χ0v) is 12.3. The van der Waals surface area contributed by atoms with Crippen LogP contribution in [0.5, 0.6) is 0 Å². The fourth-order valence-electron chi connectivity index (χ4n) is 3.16. The van der Waals surface area contributed by atoms with E-state index in [1.807, 2.05) is 19.2 Å². The first kappa shape index (κ1) is 13.1. The summed E-state index contributed by atoms with van der Waals surface area (Å²) in [4.78, 5) is 16.8. The molecule has 1 aromatic rings. The molecule has 5 heteroatoms. The molecule has 19 heavy (non-hydrogen) atoms. The van der Waals surface area contributed by atoms with Gasteiger partial charge in [0.05, 0.1) is 16.7 Å². The third-order valence-corrected chi connectivity index (χ3v) is 5.34. The van der Waals surface area contributed by atoms with Crippen LogP contribution >= 0.6 is 11.3 Å². The fraction of sp³-hybridized carbons (Fsp3) is 0.714. The van der Waals surface area contributed by atoms with Crippen molar-refractivity contribution in [3.63, 3.8) is 0 Å². The molecular formula is C14H21N3OS. The number of piperidine rings is 1. The number of amides is 1. The monoisotopic (exact) mass is 279 g/mol. The summed E-state index contributed by atoms with van der Waals surface area (Å²) in [6, 6.07) is 0.0248. The van der Waals surface area contributed by atoms with Gasteiger partial charge in [-0.05, 0) is 51.6 Å². The van der Waals surface area contributed by atoms with Crippen molar-refractivity contribution >= 4 is 17.2 Å². The lowest BCUT2D eigenvalue weighted by Gasteiger charge is -2.23. The summed E-state index contributed by atoms with van der Waals surface area (Å²) in [5.74, 6) is 0.455. The van der Waals surface area contributed by atoms with Crippen molar-refractivity contribution < 1.29 is 4.79 Å². The van der Waals surface area contributed by atoms with Gasteiger partial charge in [-0.15, -0.1) is 11.3 Å². The minimum Gasteiger partial charge on any atom is -0.348 e. The van der Waals surface area contributed by atoms with E-state index >= 15 is 0 Å². The Morgan fingerprint density at radius 1 is 1.58 bits per heavy atom. The van der Waals surface area contributed by atoms with Gasteiger partial charge in [-0.1, -0.05) is 0 Å². The van der Waals surface area contributed by atoms with E-state index in [2.05, 4.69) is 15.6 Å². The van der Waals surface area contributed by atoms with Crippen molar-refractivity contribution in [3.05, 3.63) is 16.1 Å². The Balaban J connectivity index is 1.57. The minimum atomic E-state index is 0.0248. The number of nitrogens with one attached hydrogen (secondary N) is 2. The van der Waals surface area contributed by atoms with Crippen LogP contribution in [0.15, 0.2) is 5.38 Å². The number of carbonyl (C=O) groups excluding carboxylic acids is 1. The molecule has 1 aromatic heterocycles.